The summed E-state index contributed by atoms with van der Waals surface area (Å²) < 4.78 is 10.3. The fraction of sp³-hybridized carbons (Fsp3) is 0.353. The Labute approximate surface area is 144 Å². The number of hydrogen-bond donors (Lipinski definition) is 0. The molecule has 0 bridgehead atoms. The van der Waals surface area contributed by atoms with Gasteiger partial charge in [-0.05, 0) is 56.3 Å². The normalized spacial score (nSPS) is 16.7. The quantitative estimate of drug-likeness (QED) is 0.614. The number of carbonyl (C=O) groups excluding carboxylic acids is 3. The molecule has 0 saturated carbocycles. The third kappa shape index (κ3) is 4.61. The Morgan fingerprint density at radius 1 is 1.29 bits per heavy atom. The largest absolute Gasteiger partial charge is 0.497 e. The number of rotatable bonds is 4. The van der Waals surface area contributed by atoms with Gasteiger partial charge in [0, 0.05) is 0 Å². The van der Waals surface area contributed by atoms with Crippen LogP contribution in [0, 0.1) is 0 Å². The molecule has 2 amide bonds. The molecule has 6 nitrogen and oxygen atoms in total. The first-order chi connectivity index (χ1) is 11.2. The summed E-state index contributed by atoms with van der Waals surface area (Å²) in [5.41, 5.74) is 0.0621. The van der Waals surface area contributed by atoms with Crippen LogP contribution in [0.3, 0.4) is 0 Å². The van der Waals surface area contributed by atoms with E-state index in [9.17, 15) is 14.4 Å². The summed E-state index contributed by atoms with van der Waals surface area (Å²) in [6.45, 7) is 4.78. The zero-order valence-electron chi connectivity index (χ0n) is 14.0. The van der Waals surface area contributed by atoms with Crippen molar-refractivity contribution < 1.29 is 23.9 Å². The Hall–Kier alpha value is -2.28. The fourth-order valence-corrected chi connectivity index (χ4v) is 2.86. The molecule has 0 aromatic heterocycles. The van der Waals surface area contributed by atoms with Crippen LogP contribution >= 0.6 is 11.8 Å². The molecular weight excluding hydrogens is 330 g/mol. The number of benzene rings is 1. The Kier molecular flexibility index (Phi) is 5.33. The van der Waals surface area contributed by atoms with Gasteiger partial charge >= 0.3 is 5.97 Å². The van der Waals surface area contributed by atoms with E-state index in [0.717, 1.165) is 22.2 Å². The maximum atomic E-state index is 12.4. The predicted octanol–water partition coefficient (Wildman–Crippen LogP) is 3.07. The van der Waals surface area contributed by atoms with Crippen LogP contribution in [0.4, 0.5) is 4.79 Å². The van der Waals surface area contributed by atoms with Gasteiger partial charge < -0.3 is 9.47 Å². The van der Waals surface area contributed by atoms with Crippen LogP contribution in [-0.4, -0.2) is 41.3 Å². The van der Waals surface area contributed by atoms with Crippen molar-refractivity contribution in [2.24, 2.45) is 0 Å². The molecule has 1 fully saturated rings. The van der Waals surface area contributed by atoms with Gasteiger partial charge in [-0.1, -0.05) is 12.1 Å². The summed E-state index contributed by atoms with van der Waals surface area (Å²) in [6, 6.07) is 7.12. The number of esters is 1. The van der Waals surface area contributed by atoms with Crippen LogP contribution in [0.25, 0.3) is 6.08 Å². The molecule has 24 heavy (non-hydrogen) atoms. The van der Waals surface area contributed by atoms with Crippen LogP contribution in [0.15, 0.2) is 29.2 Å². The molecule has 0 radical (unpaired) electrons. The van der Waals surface area contributed by atoms with Crippen LogP contribution in [-0.2, 0) is 14.3 Å². The summed E-state index contributed by atoms with van der Waals surface area (Å²) in [5, 5.41) is -0.486. The highest BCUT2D eigenvalue weighted by atomic mass is 32.2. The molecule has 1 aliphatic heterocycles. The van der Waals surface area contributed by atoms with Gasteiger partial charge in [-0.2, -0.15) is 0 Å². The third-order valence-corrected chi connectivity index (χ3v) is 3.88. The van der Waals surface area contributed by atoms with E-state index in [2.05, 4.69) is 0 Å². The second kappa shape index (κ2) is 7.09. The molecule has 1 aliphatic rings. The number of carbonyl (C=O) groups is 3. The van der Waals surface area contributed by atoms with Gasteiger partial charge in [0.1, 0.15) is 17.9 Å². The van der Waals surface area contributed by atoms with E-state index in [1.807, 2.05) is 0 Å². The van der Waals surface area contributed by atoms with E-state index in [-0.39, 0.29) is 4.91 Å². The van der Waals surface area contributed by atoms with Crippen molar-refractivity contribution in [3.8, 4) is 5.75 Å². The minimum Gasteiger partial charge on any atom is -0.497 e. The first kappa shape index (κ1) is 18.1. The first-order valence-corrected chi connectivity index (χ1v) is 8.12. The zero-order valence-corrected chi connectivity index (χ0v) is 14.8. The highest BCUT2D eigenvalue weighted by Crippen LogP contribution is 2.32. The van der Waals surface area contributed by atoms with Crippen LogP contribution in [0.5, 0.6) is 5.75 Å². The van der Waals surface area contributed by atoms with Crippen molar-refractivity contribution in [3.63, 3.8) is 0 Å². The maximum Gasteiger partial charge on any atom is 0.326 e. The second-order valence-corrected chi connectivity index (χ2v) is 7.12. The molecule has 0 atom stereocenters. The molecule has 1 aromatic rings. The standard InChI is InChI=1S/C17H19NO5S/c1-17(2,3)23-14(19)10-18-15(20)13(24-16(18)21)9-11-6-5-7-12(8-11)22-4/h5-9H,10H2,1-4H3/b13-9+. The van der Waals surface area contributed by atoms with Gasteiger partial charge in [0.15, 0.2) is 0 Å². The van der Waals surface area contributed by atoms with Crippen molar-refractivity contribution in [3.05, 3.63) is 34.7 Å². The minimum absolute atomic E-state index is 0.261. The fourth-order valence-electron chi connectivity index (χ4n) is 2.02. The molecule has 2 rings (SSSR count). The predicted molar refractivity (Wildman–Crippen MR) is 91.5 cm³/mol. The van der Waals surface area contributed by atoms with E-state index in [1.165, 1.54) is 0 Å². The number of hydrogen-bond acceptors (Lipinski definition) is 6. The lowest BCUT2D eigenvalue weighted by molar-refractivity contribution is -0.156. The topological polar surface area (TPSA) is 72.9 Å². The third-order valence-electron chi connectivity index (χ3n) is 2.97. The zero-order chi connectivity index (χ0) is 17.9. The van der Waals surface area contributed by atoms with Gasteiger partial charge in [0.2, 0.25) is 0 Å². The van der Waals surface area contributed by atoms with Crippen LogP contribution in [0.2, 0.25) is 0 Å². The van der Waals surface area contributed by atoms with Crippen molar-refractivity contribution >= 4 is 35.0 Å². The molecule has 1 heterocycles. The lowest BCUT2D eigenvalue weighted by Crippen LogP contribution is -2.37. The summed E-state index contributed by atoms with van der Waals surface area (Å²) in [6.07, 6.45) is 1.60. The van der Waals surface area contributed by atoms with E-state index in [1.54, 1.807) is 58.2 Å². The van der Waals surface area contributed by atoms with Crippen molar-refractivity contribution in [2.45, 2.75) is 26.4 Å². The minimum atomic E-state index is -0.671. The first-order valence-electron chi connectivity index (χ1n) is 7.31. The molecule has 1 saturated heterocycles. The number of amides is 2. The Bertz CT molecular complexity index is 705. The van der Waals surface area contributed by atoms with E-state index >= 15 is 0 Å². The van der Waals surface area contributed by atoms with E-state index in [4.69, 9.17) is 9.47 Å². The number of nitrogens with zero attached hydrogens (tertiary/aromatic N) is 1. The summed E-state index contributed by atoms with van der Waals surface area (Å²) in [5.74, 6) is -0.470. The van der Waals surface area contributed by atoms with Crippen molar-refractivity contribution in [1.82, 2.24) is 4.90 Å². The summed E-state index contributed by atoms with van der Waals surface area (Å²) in [4.78, 5) is 37.4. The van der Waals surface area contributed by atoms with E-state index < -0.39 is 29.3 Å². The Balaban J connectivity index is 2.13. The lowest BCUT2D eigenvalue weighted by atomic mass is 10.2. The molecule has 0 aliphatic carbocycles. The Morgan fingerprint density at radius 3 is 2.62 bits per heavy atom. The molecular formula is C17H19NO5S. The number of methoxy groups -OCH3 is 1. The van der Waals surface area contributed by atoms with Crippen molar-refractivity contribution in [1.29, 1.82) is 0 Å². The summed E-state index contributed by atoms with van der Waals surface area (Å²) in [7, 11) is 1.55. The number of thioether (sulfide) groups is 1. The average Bonchev–Trinajstić information content (AvgIpc) is 2.73. The molecule has 1 aromatic carbocycles. The van der Waals surface area contributed by atoms with Gasteiger partial charge in [-0.3, -0.25) is 19.3 Å². The summed E-state index contributed by atoms with van der Waals surface area (Å²) >= 11 is 0.800. The monoisotopic (exact) mass is 349 g/mol. The molecule has 0 N–H and O–H groups in total. The smallest absolute Gasteiger partial charge is 0.326 e. The van der Waals surface area contributed by atoms with Gasteiger partial charge in [-0.15, -0.1) is 0 Å². The number of ether oxygens (including phenoxy) is 2. The van der Waals surface area contributed by atoms with Crippen LogP contribution in [0.1, 0.15) is 26.3 Å². The van der Waals surface area contributed by atoms with Gasteiger partial charge in [0.25, 0.3) is 11.1 Å². The van der Waals surface area contributed by atoms with Gasteiger partial charge in [-0.25, -0.2) is 0 Å². The molecule has 0 unspecified atom stereocenters. The maximum absolute atomic E-state index is 12.4. The Morgan fingerprint density at radius 2 is 2.00 bits per heavy atom. The SMILES string of the molecule is COc1cccc(/C=C2/SC(=O)N(CC(=O)OC(C)(C)C)C2=O)c1. The average molecular weight is 349 g/mol. The van der Waals surface area contributed by atoms with Crippen molar-refractivity contribution in [2.75, 3.05) is 13.7 Å². The van der Waals surface area contributed by atoms with E-state index in [0.29, 0.717) is 5.75 Å². The lowest BCUT2D eigenvalue weighted by Gasteiger charge is -2.21. The number of imide groups is 1. The van der Waals surface area contributed by atoms with Crippen LogP contribution < -0.4 is 4.74 Å². The molecule has 7 heteroatoms. The second-order valence-electron chi connectivity index (χ2n) is 6.13. The highest BCUT2D eigenvalue weighted by molar-refractivity contribution is 8.18. The molecule has 128 valence electrons. The van der Waals surface area contributed by atoms with Gasteiger partial charge in [0.05, 0.1) is 12.0 Å². The highest BCUT2D eigenvalue weighted by Gasteiger charge is 2.37. The molecule has 0 spiro atoms.